The molecule has 0 aliphatic heterocycles. The summed E-state index contributed by atoms with van der Waals surface area (Å²) in [7, 11) is -1.17. The highest BCUT2D eigenvalue weighted by atomic mass is 28.3. The van der Waals surface area contributed by atoms with Crippen LogP contribution in [0.5, 0.6) is 0 Å². The summed E-state index contributed by atoms with van der Waals surface area (Å²) in [6.07, 6.45) is 1.14. The first-order chi connectivity index (χ1) is 7.26. The maximum absolute atomic E-state index is 2.50. The van der Waals surface area contributed by atoms with Crippen molar-refractivity contribution in [1.29, 1.82) is 0 Å². The average Bonchev–Trinajstić information content (AvgIpc) is 2.16. The van der Waals surface area contributed by atoms with E-state index >= 15 is 0 Å². The van der Waals surface area contributed by atoms with Crippen molar-refractivity contribution in [1.82, 2.24) is 0 Å². The molecule has 1 aromatic rings. The van der Waals surface area contributed by atoms with Crippen LogP contribution in [0.15, 0.2) is 24.3 Å². The third-order valence-electron chi connectivity index (χ3n) is 4.11. The Labute approximate surface area is 102 Å². The van der Waals surface area contributed by atoms with Crippen LogP contribution in [0.4, 0.5) is 0 Å². The SMILES string of the molecule is CCc1ccc(C[Si](C)(C)C(C)(C)C)cc1. The fourth-order valence-electron chi connectivity index (χ4n) is 1.67. The van der Waals surface area contributed by atoms with Crippen molar-refractivity contribution >= 4 is 8.07 Å². The van der Waals surface area contributed by atoms with Gasteiger partial charge in [0.05, 0.1) is 8.07 Å². The molecule has 0 atom stereocenters. The van der Waals surface area contributed by atoms with Crippen molar-refractivity contribution in [3.05, 3.63) is 35.4 Å². The van der Waals surface area contributed by atoms with Gasteiger partial charge in [-0.2, -0.15) is 0 Å². The van der Waals surface area contributed by atoms with E-state index in [0.717, 1.165) is 6.42 Å². The quantitative estimate of drug-likeness (QED) is 0.657. The number of hydrogen-bond donors (Lipinski definition) is 0. The van der Waals surface area contributed by atoms with E-state index in [1.165, 1.54) is 17.2 Å². The van der Waals surface area contributed by atoms with Gasteiger partial charge in [-0.3, -0.25) is 0 Å². The topological polar surface area (TPSA) is 0 Å². The van der Waals surface area contributed by atoms with E-state index in [4.69, 9.17) is 0 Å². The Morgan fingerprint density at radius 2 is 1.38 bits per heavy atom. The maximum Gasteiger partial charge on any atom is 0.0571 e. The van der Waals surface area contributed by atoms with E-state index in [9.17, 15) is 0 Å². The molecule has 90 valence electrons. The van der Waals surface area contributed by atoms with Gasteiger partial charge in [0, 0.05) is 0 Å². The first-order valence-electron chi connectivity index (χ1n) is 6.34. The van der Waals surface area contributed by atoms with Crippen molar-refractivity contribution in [3.63, 3.8) is 0 Å². The van der Waals surface area contributed by atoms with Gasteiger partial charge in [0.15, 0.2) is 0 Å². The van der Waals surface area contributed by atoms with Crippen molar-refractivity contribution in [2.45, 2.75) is 58.3 Å². The van der Waals surface area contributed by atoms with E-state index in [1.54, 1.807) is 0 Å². The molecule has 1 rings (SSSR count). The smallest absolute Gasteiger partial charge is 0.0571 e. The lowest BCUT2D eigenvalue weighted by atomic mass is 10.1. The highest BCUT2D eigenvalue weighted by molar-refractivity contribution is 6.79. The molecule has 0 aliphatic carbocycles. The van der Waals surface area contributed by atoms with Gasteiger partial charge in [-0.05, 0) is 23.1 Å². The highest BCUT2D eigenvalue weighted by Crippen LogP contribution is 2.37. The standard InChI is InChI=1S/C15H26Si/c1-7-13-8-10-14(11-9-13)12-16(5,6)15(2,3)4/h8-11H,7,12H2,1-6H3. The van der Waals surface area contributed by atoms with Gasteiger partial charge in [0.1, 0.15) is 0 Å². The lowest BCUT2D eigenvalue weighted by Gasteiger charge is -2.37. The van der Waals surface area contributed by atoms with Gasteiger partial charge in [-0.25, -0.2) is 0 Å². The minimum Gasteiger partial charge on any atom is -0.0687 e. The summed E-state index contributed by atoms with van der Waals surface area (Å²) in [6, 6.07) is 10.5. The summed E-state index contributed by atoms with van der Waals surface area (Å²) in [4.78, 5) is 0. The molecule has 0 aliphatic rings. The summed E-state index contributed by atoms with van der Waals surface area (Å²) in [5.41, 5.74) is 2.96. The second-order valence-corrected chi connectivity index (χ2v) is 12.1. The number of aryl methyl sites for hydroxylation is 1. The van der Waals surface area contributed by atoms with Gasteiger partial charge in [0.2, 0.25) is 0 Å². The van der Waals surface area contributed by atoms with Gasteiger partial charge < -0.3 is 0 Å². The second kappa shape index (κ2) is 4.75. The zero-order valence-electron chi connectivity index (χ0n) is 11.7. The molecule has 0 N–H and O–H groups in total. The molecule has 0 spiro atoms. The molecule has 0 fully saturated rings. The van der Waals surface area contributed by atoms with Gasteiger partial charge in [-0.1, -0.05) is 70.6 Å². The van der Waals surface area contributed by atoms with Crippen LogP contribution in [0.3, 0.4) is 0 Å². The van der Waals surface area contributed by atoms with E-state index in [2.05, 4.69) is 65.1 Å². The van der Waals surface area contributed by atoms with Gasteiger partial charge in [0.25, 0.3) is 0 Å². The largest absolute Gasteiger partial charge is 0.0687 e. The molecule has 0 radical (unpaired) electrons. The predicted octanol–water partition coefficient (Wildman–Crippen LogP) is 4.84. The lowest BCUT2D eigenvalue weighted by Crippen LogP contribution is -2.39. The predicted molar refractivity (Wildman–Crippen MR) is 76.7 cm³/mol. The van der Waals surface area contributed by atoms with Crippen LogP contribution in [0.1, 0.15) is 38.8 Å². The Kier molecular flexibility index (Phi) is 4.00. The third-order valence-corrected chi connectivity index (χ3v) is 9.46. The fraction of sp³-hybridized carbons (Fsp3) is 0.600. The van der Waals surface area contributed by atoms with Crippen LogP contribution in [0, 0.1) is 0 Å². The number of benzene rings is 1. The van der Waals surface area contributed by atoms with Gasteiger partial charge in [-0.15, -0.1) is 0 Å². The van der Waals surface area contributed by atoms with Crippen LogP contribution in [-0.4, -0.2) is 8.07 Å². The molecule has 1 aromatic carbocycles. The third kappa shape index (κ3) is 3.21. The lowest BCUT2D eigenvalue weighted by molar-refractivity contribution is 0.714. The van der Waals surface area contributed by atoms with Crippen LogP contribution in [0.2, 0.25) is 18.1 Å². The molecule has 0 saturated carbocycles. The Balaban J connectivity index is 2.80. The zero-order chi connectivity index (χ0) is 12.4. The van der Waals surface area contributed by atoms with Gasteiger partial charge >= 0.3 is 0 Å². The molecule has 0 unspecified atom stereocenters. The number of hydrogen-bond acceptors (Lipinski definition) is 0. The van der Waals surface area contributed by atoms with Crippen molar-refractivity contribution in [2.75, 3.05) is 0 Å². The zero-order valence-corrected chi connectivity index (χ0v) is 12.7. The maximum atomic E-state index is 2.50. The highest BCUT2D eigenvalue weighted by Gasteiger charge is 2.34. The molecule has 16 heavy (non-hydrogen) atoms. The minimum absolute atomic E-state index is 0.483. The van der Waals surface area contributed by atoms with Crippen molar-refractivity contribution in [3.8, 4) is 0 Å². The fourth-order valence-corrected chi connectivity index (χ4v) is 3.45. The summed E-state index contributed by atoms with van der Waals surface area (Å²) < 4.78 is 0. The summed E-state index contributed by atoms with van der Waals surface area (Å²) in [6.45, 7) is 14.4. The molecule has 0 saturated heterocycles. The Hall–Kier alpha value is -0.563. The molecule has 1 heteroatoms. The molecule has 0 heterocycles. The first kappa shape index (κ1) is 13.5. The summed E-state index contributed by atoms with van der Waals surface area (Å²) in [5.74, 6) is 0. The Morgan fingerprint density at radius 1 is 0.938 bits per heavy atom. The second-order valence-electron chi connectivity index (χ2n) is 6.48. The molecule has 0 amide bonds. The Bertz CT molecular complexity index is 327. The van der Waals surface area contributed by atoms with E-state index in [-0.39, 0.29) is 0 Å². The minimum atomic E-state index is -1.17. The van der Waals surface area contributed by atoms with E-state index in [1.807, 2.05) is 0 Å². The van der Waals surface area contributed by atoms with Crippen LogP contribution < -0.4 is 0 Å². The van der Waals surface area contributed by atoms with E-state index < -0.39 is 8.07 Å². The molecule has 0 aromatic heterocycles. The first-order valence-corrected chi connectivity index (χ1v) is 9.55. The van der Waals surface area contributed by atoms with Crippen LogP contribution in [-0.2, 0) is 12.5 Å². The average molecular weight is 234 g/mol. The van der Waals surface area contributed by atoms with Crippen molar-refractivity contribution in [2.24, 2.45) is 0 Å². The molecular formula is C15H26Si. The summed E-state index contributed by atoms with van der Waals surface area (Å²) >= 11 is 0. The summed E-state index contributed by atoms with van der Waals surface area (Å²) in [5, 5.41) is 0.483. The molecule has 0 bridgehead atoms. The van der Waals surface area contributed by atoms with Crippen LogP contribution in [0.25, 0.3) is 0 Å². The monoisotopic (exact) mass is 234 g/mol. The van der Waals surface area contributed by atoms with E-state index in [0.29, 0.717) is 5.04 Å². The molecule has 0 nitrogen and oxygen atoms in total. The molecular weight excluding hydrogens is 208 g/mol. The number of rotatable bonds is 3. The Morgan fingerprint density at radius 3 is 1.75 bits per heavy atom. The van der Waals surface area contributed by atoms with Crippen molar-refractivity contribution < 1.29 is 0 Å². The van der Waals surface area contributed by atoms with Crippen LogP contribution >= 0.6 is 0 Å². The normalized spacial score (nSPS) is 12.9.